The molecule has 1 aliphatic heterocycles. The second kappa shape index (κ2) is 4.41. The molecule has 1 saturated heterocycles. The van der Waals surface area contributed by atoms with Crippen molar-refractivity contribution >= 4 is 0 Å². The van der Waals surface area contributed by atoms with E-state index in [2.05, 4.69) is 11.4 Å². The van der Waals surface area contributed by atoms with E-state index in [9.17, 15) is 0 Å². The quantitative estimate of drug-likeness (QED) is 0.607. The van der Waals surface area contributed by atoms with Crippen molar-refractivity contribution in [3.05, 3.63) is 0 Å². The molecule has 1 rings (SSSR count). The number of ether oxygens (including phenoxy) is 1. The molecule has 4 nitrogen and oxygen atoms in total. The Kier molecular flexibility index (Phi) is 3.48. The van der Waals surface area contributed by atoms with Crippen molar-refractivity contribution in [1.82, 2.24) is 5.32 Å². The Morgan fingerprint density at radius 1 is 1.67 bits per heavy atom. The molecule has 0 amide bonds. The molecule has 0 aliphatic carbocycles. The number of nitrogens with one attached hydrogen (secondary N) is 1. The standard InChI is InChI=1S/C8H14N2O2/c9-6-8(10-3-4-11)2-1-5-12-7-8/h10-11H,1-5,7H2. The lowest BCUT2D eigenvalue weighted by Gasteiger charge is -2.31. The monoisotopic (exact) mass is 170 g/mol. The molecule has 4 heteroatoms. The summed E-state index contributed by atoms with van der Waals surface area (Å²) in [5, 5.41) is 20.5. The molecule has 0 saturated carbocycles. The van der Waals surface area contributed by atoms with Gasteiger partial charge < -0.3 is 9.84 Å². The van der Waals surface area contributed by atoms with Crippen molar-refractivity contribution in [2.45, 2.75) is 18.4 Å². The molecule has 0 aromatic heterocycles. The zero-order valence-electron chi connectivity index (χ0n) is 7.05. The number of rotatable bonds is 3. The van der Waals surface area contributed by atoms with Gasteiger partial charge in [-0.3, -0.25) is 5.32 Å². The number of aliphatic hydroxyl groups excluding tert-OH is 1. The van der Waals surface area contributed by atoms with Gasteiger partial charge in [0.2, 0.25) is 0 Å². The van der Waals surface area contributed by atoms with Gasteiger partial charge in [0.05, 0.1) is 19.3 Å². The summed E-state index contributed by atoms with van der Waals surface area (Å²) in [5.74, 6) is 0. The predicted molar refractivity (Wildman–Crippen MR) is 43.5 cm³/mol. The largest absolute Gasteiger partial charge is 0.395 e. The molecule has 1 unspecified atom stereocenters. The van der Waals surface area contributed by atoms with Gasteiger partial charge in [0.1, 0.15) is 5.54 Å². The third-order valence-corrected chi connectivity index (χ3v) is 2.03. The van der Waals surface area contributed by atoms with Crippen LogP contribution >= 0.6 is 0 Å². The van der Waals surface area contributed by atoms with Crippen LogP contribution in [0.15, 0.2) is 0 Å². The normalized spacial score (nSPS) is 29.7. The summed E-state index contributed by atoms with van der Waals surface area (Å²) in [4.78, 5) is 0. The van der Waals surface area contributed by atoms with Gasteiger partial charge in [-0.15, -0.1) is 0 Å². The highest BCUT2D eigenvalue weighted by atomic mass is 16.5. The molecule has 0 bridgehead atoms. The summed E-state index contributed by atoms with van der Waals surface area (Å²) in [7, 11) is 0. The van der Waals surface area contributed by atoms with Crippen LogP contribution < -0.4 is 5.32 Å². The smallest absolute Gasteiger partial charge is 0.130 e. The summed E-state index contributed by atoms with van der Waals surface area (Å²) in [6.07, 6.45) is 1.72. The maximum atomic E-state index is 8.89. The van der Waals surface area contributed by atoms with Crippen molar-refractivity contribution in [3.63, 3.8) is 0 Å². The number of hydrogen-bond acceptors (Lipinski definition) is 4. The van der Waals surface area contributed by atoms with Crippen LogP contribution in [0.3, 0.4) is 0 Å². The molecular formula is C8H14N2O2. The van der Waals surface area contributed by atoms with E-state index in [1.165, 1.54) is 0 Å². The number of aliphatic hydroxyl groups is 1. The van der Waals surface area contributed by atoms with Crippen LogP contribution in [-0.4, -0.2) is 37.0 Å². The van der Waals surface area contributed by atoms with Crippen molar-refractivity contribution in [1.29, 1.82) is 5.26 Å². The summed E-state index contributed by atoms with van der Waals surface area (Å²) < 4.78 is 5.21. The second-order valence-corrected chi connectivity index (χ2v) is 3.00. The van der Waals surface area contributed by atoms with Crippen molar-refractivity contribution in [3.8, 4) is 6.07 Å². The maximum Gasteiger partial charge on any atom is 0.130 e. The van der Waals surface area contributed by atoms with Crippen molar-refractivity contribution in [2.24, 2.45) is 0 Å². The molecule has 2 N–H and O–H groups in total. The zero-order chi connectivity index (χ0) is 8.86. The Labute approximate surface area is 72.1 Å². The van der Waals surface area contributed by atoms with Crippen LogP contribution in [0.5, 0.6) is 0 Å². The summed E-state index contributed by atoms with van der Waals surface area (Å²) in [6, 6.07) is 2.20. The minimum Gasteiger partial charge on any atom is -0.395 e. The van der Waals surface area contributed by atoms with E-state index in [1.54, 1.807) is 0 Å². The van der Waals surface area contributed by atoms with Gasteiger partial charge in [-0.1, -0.05) is 0 Å². The van der Waals surface area contributed by atoms with E-state index >= 15 is 0 Å². The number of hydrogen-bond donors (Lipinski definition) is 2. The van der Waals surface area contributed by atoms with E-state index in [-0.39, 0.29) is 6.61 Å². The lowest BCUT2D eigenvalue weighted by molar-refractivity contribution is 0.0425. The van der Waals surface area contributed by atoms with Crippen LogP contribution in [-0.2, 0) is 4.74 Å². The molecular weight excluding hydrogens is 156 g/mol. The lowest BCUT2D eigenvalue weighted by Crippen LogP contribution is -2.51. The van der Waals surface area contributed by atoms with Crippen LogP contribution in [0, 0.1) is 11.3 Å². The SMILES string of the molecule is N#CC1(NCCO)CCCOC1. The number of β-amino-alcohol motifs (C(OH)–C–C–N with tert-alkyl or cyclic N) is 1. The topological polar surface area (TPSA) is 65.3 Å². The minimum absolute atomic E-state index is 0.0590. The van der Waals surface area contributed by atoms with E-state index < -0.39 is 5.54 Å². The third-order valence-electron chi connectivity index (χ3n) is 2.03. The highest BCUT2D eigenvalue weighted by Crippen LogP contribution is 2.17. The molecule has 1 heterocycles. The minimum atomic E-state index is -0.555. The molecule has 68 valence electrons. The molecule has 0 aromatic rings. The Morgan fingerprint density at radius 2 is 2.50 bits per heavy atom. The van der Waals surface area contributed by atoms with Crippen LogP contribution in [0.1, 0.15) is 12.8 Å². The molecule has 12 heavy (non-hydrogen) atoms. The fraction of sp³-hybridized carbons (Fsp3) is 0.875. The molecule has 0 aromatic carbocycles. The fourth-order valence-corrected chi connectivity index (χ4v) is 1.36. The summed E-state index contributed by atoms with van der Waals surface area (Å²) >= 11 is 0. The van der Waals surface area contributed by atoms with Gasteiger partial charge in [0.25, 0.3) is 0 Å². The summed E-state index contributed by atoms with van der Waals surface area (Å²) in [6.45, 7) is 1.69. The maximum absolute atomic E-state index is 8.89. The Bertz CT molecular complexity index is 170. The third kappa shape index (κ3) is 2.18. The van der Waals surface area contributed by atoms with Gasteiger partial charge in [-0.2, -0.15) is 5.26 Å². The van der Waals surface area contributed by atoms with E-state index in [4.69, 9.17) is 15.1 Å². The Morgan fingerprint density at radius 3 is 3.00 bits per heavy atom. The first-order valence-corrected chi connectivity index (χ1v) is 4.18. The van der Waals surface area contributed by atoms with Gasteiger partial charge in [-0.05, 0) is 12.8 Å². The number of nitrogens with zero attached hydrogens (tertiary/aromatic N) is 1. The van der Waals surface area contributed by atoms with Crippen molar-refractivity contribution in [2.75, 3.05) is 26.4 Å². The first-order valence-electron chi connectivity index (χ1n) is 4.18. The van der Waals surface area contributed by atoms with E-state index in [1.807, 2.05) is 0 Å². The Hall–Kier alpha value is -0.630. The highest BCUT2D eigenvalue weighted by molar-refractivity contribution is 5.08. The zero-order valence-corrected chi connectivity index (χ0v) is 7.05. The van der Waals surface area contributed by atoms with Crippen LogP contribution in [0.25, 0.3) is 0 Å². The first-order chi connectivity index (χ1) is 5.83. The molecule has 0 spiro atoms. The van der Waals surface area contributed by atoms with Gasteiger partial charge >= 0.3 is 0 Å². The number of nitriles is 1. The van der Waals surface area contributed by atoms with Crippen LogP contribution in [0.4, 0.5) is 0 Å². The first kappa shape index (κ1) is 9.46. The van der Waals surface area contributed by atoms with Crippen molar-refractivity contribution < 1.29 is 9.84 Å². The Balaban J connectivity index is 2.44. The molecule has 1 aliphatic rings. The molecule has 1 fully saturated rings. The van der Waals surface area contributed by atoms with Gasteiger partial charge in [-0.25, -0.2) is 0 Å². The average molecular weight is 170 g/mol. The molecule has 0 radical (unpaired) electrons. The lowest BCUT2D eigenvalue weighted by atomic mass is 9.94. The van der Waals surface area contributed by atoms with E-state index in [0.29, 0.717) is 13.2 Å². The van der Waals surface area contributed by atoms with E-state index in [0.717, 1.165) is 19.4 Å². The summed E-state index contributed by atoms with van der Waals surface area (Å²) in [5.41, 5.74) is -0.555. The average Bonchev–Trinajstić information content (AvgIpc) is 2.16. The highest BCUT2D eigenvalue weighted by Gasteiger charge is 2.31. The predicted octanol–water partition coefficient (Wildman–Crippen LogP) is -0.359. The van der Waals surface area contributed by atoms with Gasteiger partial charge in [0, 0.05) is 13.2 Å². The van der Waals surface area contributed by atoms with Crippen LogP contribution in [0.2, 0.25) is 0 Å². The molecule has 1 atom stereocenters. The second-order valence-electron chi connectivity index (χ2n) is 3.00. The fourth-order valence-electron chi connectivity index (χ4n) is 1.36. The van der Waals surface area contributed by atoms with Gasteiger partial charge in [0.15, 0.2) is 0 Å².